The van der Waals surface area contributed by atoms with Crippen LogP contribution in [0.25, 0.3) is 0 Å². The minimum atomic E-state index is -4.61. The third-order valence-electron chi connectivity index (χ3n) is 8.89. The Balaban J connectivity index is 1.33. The second kappa shape index (κ2) is 10.7. The minimum Gasteiger partial charge on any atom is -0.378 e. The number of fused-ring (bicyclic) bond motifs is 2. The SMILES string of the molecule is Cc1cc(C(F)(F)F)cc(N2C(=O)CC3CN(CC4CCN(C5COC5)CC4)c4c(Cl)cccc4N(C)C(=O)[C@H]32)n1. The predicted octanol–water partition coefficient (Wildman–Crippen LogP) is 4.38. The van der Waals surface area contributed by atoms with Crippen molar-refractivity contribution in [3.05, 3.63) is 46.6 Å². The summed E-state index contributed by atoms with van der Waals surface area (Å²) in [5.74, 6) is -1.01. The maximum atomic E-state index is 14.0. The summed E-state index contributed by atoms with van der Waals surface area (Å²) in [4.78, 5) is 39.0. The predicted molar refractivity (Wildman–Crippen MR) is 149 cm³/mol. The first kappa shape index (κ1) is 28.2. The fourth-order valence-corrected chi connectivity index (χ4v) is 6.97. The molecule has 0 saturated carbocycles. The summed E-state index contributed by atoms with van der Waals surface area (Å²) in [7, 11) is 1.63. The molecule has 8 nitrogen and oxygen atoms in total. The number of anilines is 3. The number of nitrogens with zero attached hydrogens (tertiary/aromatic N) is 5. The minimum absolute atomic E-state index is 0.0254. The van der Waals surface area contributed by atoms with E-state index < -0.39 is 29.6 Å². The molecule has 1 aromatic carbocycles. The number of piperidine rings is 1. The number of aryl methyl sites for hydroxylation is 1. The molecule has 0 spiro atoms. The number of para-hydroxylation sites is 1. The molecule has 0 N–H and O–H groups in total. The van der Waals surface area contributed by atoms with Crippen molar-refractivity contribution in [3.8, 4) is 0 Å². The topological polar surface area (TPSA) is 69.2 Å². The van der Waals surface area contributed by atoms with Gasteiger partial charge in [0, 0.05) is 38.2 Å². The number of aromatic nitrogens is 1. The number of pyridine rings is 1. The summed E-state index contributed by atoms with van der Waals surface area (Å²) in [6.45, 7) is 6.07. The van der Waals surface area contributed by atoms with Crippen molar-refractivity contribution >= 4 is 40.6 Å². The van der Waals surface area contributed by atoms with E-state index in [9.17, 15) is 22.8 Å². The van der Waals surface area contributed by atoms with Crippen LogP contribution in [-0.4, -0.2) is 80.2 Å². The van der Waals surface area contributed by atoms with Gasteiger partial charge in [-0.05, 0) is 63.0 Å². The smallest absolute Gasteiger partial charge is 0.378 e. The lowest BCUT2D eigenvalue weighted by Crippen LogP contribution is -2.54. The second-order valence-electron chi connectivity index (χ2n) is 11.6. The van der Waals surface area contributed by atoms with E-state index in [2.05, 4.69) is 14.8 Å². The highest BCUT2D eigenvalue weighted by molar-refractivity contribution is 6.34. The molecule has 3 saturated heterocycles. The van der Waals surface area contributed by atoms with Crippen molar-refractivity contribution in [1.82, 2.24) is 9.88 Å². The molecule has 220 valence electrons. The van der Waals surface area contributed by atoms with Crippen LogP contribution in [0, 0.1) is 18.8 Å². The van der Waals surface area contributed by atoms with E-state index in [-0.39, 0.29) is 23.8 Å². The normalized spacial score (nSPS) is 24.7. The lowest BCUT2D eigenvalue weighted by atomic mass is 9.92. The molecule has 41 heavy (non-hydrogen) atoms. The van der Waals surface area contributed by atoms with Crippen molar-refractivity contribution in [1.29, 1.82) is 0 Å². The molecule has 12 heteroatoms. The standard InChI is InChI=1S/C29H33ClF3N5O3/c1-17-10-20(29(31,32)33)12-24(34-17)38-25(39)11-19-14-37(13-18-6-8-36(9-7-18)21-15-41-16-21)27-22(30)4-3-5-23(27)35(2)28(40)26(19)38/h3-5,10,12,18-19,21,26H,6-9,11,13-16H2,1-2H3/t19?,26-/m0/s1. The monoisotopic (exact) mass is 591 g/mol. The van der Waals surface area contributed by atoms with Gasteiger partial charge in [-0.2, -0.15) is 13.2 Å². The molecule has 0 bridgehead atoms. The second-order valence-corrected chi connectivity index (χ2v) is 12.0. The molecule has 2 aromatic rings. The number of amides is 2. The maximum Gasteiger partial charge on any atom is 0.416 e. The number of likely N-dealkylation sites (N-methyl/N-ethyl adjacent to an activating group) is 1. The van der Waals surface area contributed by atoms with Gasteiger partial charge in [-0.3, -0.25) is 19.4 Å². The summed E-state index contributed by atoms with van der Waals surface area (Å²) in [5.41, 5.74) is 0.576. The summed E-state index contributed by atoms with van der Waals surface area (Å²) in [5, 5.41) is 0.515. The van der Waals surface area contributed by atoms with Gasteiger partial charge in [0.15, 0.2) is 0 Å². The van der Waals surface area contributed by atoms with Crippen LogP contribution in [0.15, 0.2) is 30.3 Å². The average molecular weight is 592 g/mol. The fourth-order valence-electron chi connectivity index (χ4n) is 6.68. The van der Waals surface area contributed by atoms with Gasteiger partial charge in [-0.15, -0.1) is 0 Å². The van der Waals surface area contributed by atoms with Gasteiger partial charge >= 0.3 is 6.18 Å². The van der Waals surface area contributed by atoms with Crippen LogP contribution in [0.3, 0.4) is 0 Å². The first-order chi connectivity index (χ1) is 19.5. The van der Waals surface area contributed by atoms with E-state index in [4.69, 9.17) is 16.3 Å². The summed E-state index contributed by atoms with van der Waals surface area (Å²) >= 11 is 6.76. The Morgan fingerprint density at radius 2 is 1.85 bits per heavy atom. The van der Waals surface area contributed by atoms with Gasteiger partial charge in [-0.25, -0.2) is 4.98 Å². The van der Waals surface area contributed by atoms with Crippen LogP contribution < -0.4 is 14.7 Å². The van der Waals surface area contributed by atoms with Gasteiger partial charge < -0.3 is 14.5 Å². The molecule has 1 unspecified atom stereocenters. The van der Waals surface area contributed by atoms with Crippen molar-refractivity contribution < 1.29 is 27.5 Å². The molecule has 4 aliphatic rings. The third-order valence-corrected chi connectivity index (χ3v) is 9.20. The van der Waals surface area contributed by atoms with Crippen molar-refractivity contribution in [2.75, 3.05) is 61.1 Å². The number of benzene rings is 1. The molecule has 0 aliphatic carbocycles. The molecule has 0 radical (unpaired) electrons. The van der Waals surface area contributed by atoms with E-state index in [1.54, 1.807) is 19.2 Å². The number of likely N-dealkylation sites (tertiary alicyclic amines) is 1. The van der Waals surface area contributed by atoms with E-state index in [0.717, 1.165) is 57.0 Å². The first-order valence-corrected chi connectivity index (χ1v) is 14.4. The number of hydrogen-bond acceptors (Lipinski definition) is 6. The van der Waals surface area contributed by atoms with E-state index in [1.807, 2.05) is 6.07 Å². The van der Waals surface area contributed by atoms with Crippen LogP contribution in [0.5, 0.6) is 0 Å². The van der Waals surface area contributed by atoms with Gasteiger partial charge in [-0.1, -0.05) is 17.7 Å². The number of carbonyl (C=O) groups is 2. The molecule has 2 amide bonds. The number of alkyl halides is 3. The van der Waals surface area contributed by atoms with Gasteiger partial charge in [0.2, 0.25) is 11.8 Å². The van der Waals surface area contributed by atoms with Crippen LogP contribution in [0.1, 0.15) is 30.5 Å². The molecular formula is C29H33ClF3N5O3. The molecule has 4 aliphatic heterocycles. The summed E-state index contributed by atoms with van der Waals surface area (Å²) in [6, 6.07) is 6.70. The fraction of sp³-hybridized carbons (Fsp3) is 0.552. The van der Waals surface area contributed by atoms with Crippen molar-refractivity contribution in [3.63, 3.8) is 0 Å². The lowest BCUT2D eigenvalue weighted by Gasteiger charge is -2.44. The molecule has 3 fully saturated rings. The van der Waals surface area contributed by atoms with E-state index in [0.29, 0.717) is 35.8 Å². The Hall–Kier alpha value is -2.89. The Bertz CT molecular complexity index is 1350. The van der Waals surface area contributed by atoms with Gasteiger partial charge in [0.05, 0.1) is 41.2 Å². The highest BCUT2D eigenvalue weighted by atomic mass is 35.5. The molecule has 2 atom stereocenters. The lowest BCUT2D eigenvalue weighted by molar-refractivity contribution is -0.137. The maximum absolute atomic E-state index is 14.0. The van der Waals surface area contributed by atoms with Crippen LogP contribution in [0.2, 0.25) is 5.02 Å². The van der Waals surface area contributed by atoms with Gasteiger partial charge in [0.25, 0.3) is 0 Å². The zero-order chi connectivity index (χ0) is 29.1. The van der Waals surface area contributed by atoms with Crippen molar-refractivity contribution in [2.45, 2.75) is 44.4 Å². The summed E-state index contributed by atoms with van der Waals surface area (Å²) in [6.07, 6.45) is -2.57. The Kier molecular flexibility index (Phi) is 7.40. The highest BCUT2D eigenvalue weighted by Crippen LogP contribution is 2.43. The highest BCUT2D eigenvalue weighted by Gasteiger charge is 2.49. The average Bonchev–Trinajstić information content (AvgIpc) is 3.21. The molecular weight excluding hydrogens is 559 g/mol. The number of hydrogen-bond donors (Lipinski definition) is 0. The third kappa shape index (κ3) is 5.28. The largest absolute Gasteiger partial charge is 0.416 e. The Morgan fingerprint density at radius 3 is 2.51 bits per heavy atom. The first-order valence-electron chi connectivity index (χ1n) is 14.0. The summed E-state index contributed by atoms with van der Waals surface area (Å²) < 4.78 is 46.3. The number of rotatable bonds is 4. The number of ether oxygens (including phenoxy) is 1. The zero-order valence-corrected chi connectivity index (χ0v) is 23.8. The molecule has 6 rings (SSSR count). The molecule has 5 heterocycles. The van der Waals surface area contributed by atoms with Crippen LogP contribution >= 0.6 is 11.6 Å². The van der Waals surface area contributed by atoms with E-state index >= 15 is 0 Å². The van der Waals surface area contributed by atoms with E-state index in [1.165, 1.54) is 16.7 Å². The molecule has 1 aromatic heterocycles. The number of halogens is 4. The number of carbonyl (C=O) groups excluding carboxylic acids is 2. The van der Waals surface area contributed by atoms with Crippen LogP contribution in [0.4, 0.5) is 30.4 Å². The quantitative estimate of drug-likeness (QED) is 0.526. The van der Waals surface area contributed by atoms with Crippen LogP contribution in [-0.2, 0) is 20.5 Å². The van der Waals surface area contributed by atoms with Gasteiger partial charge in [0.1, 0.15) is 11.9 Å². The Morgan fingerprint density at radius 1 is 1.12 bits per heavy atom. The Labute approximate surface area is 242 Å². The van der Waals surface area contributed by atoms with Crippen molar-refractivity contribution in [2.24, 2.45) is 11.8 Å². The zero-order valence-electron chi connectivity index (χ0n) is 23.0.